The number of nitriles is 2. The normalized spacial score (nSPS) is 10.2. The Balaban J connectivity index is 3.32. The van der Waals surface area contributed by atoms with Crippen molar-refractivity contribution in [3.63, 3.8) is 0 Å². The van der Waals surface area contributed by atoms with Crippen LogP contribution in [-0.4, -0.2) is 0 Å². The Morgan fingerprint density at radius 1 is 1.24 bits per heavy atom. The molecule has 1 rings (SSSR count). The maximum Gasteiger partial charge on any atom is 0.416 e. The minimum absolute atomic E-state index is 0.137. The van der Waals surface area contributed by atoms with Crippen LogP contribution in [0.25, 0.3) is 6.08 Å². The summed E-state index contributed by atoms with van der Waals surface area (Å²) in [6, 6.07) is 6.18. The maximum atomic E-state index is 12.4. The lowest BCUT2D eigenvalue weighted by atomic mass is 10.1. The number of nitrogens with zero attached hydrogens (tertiary/aromatic N) is 2. The molecule has 0 aliphatic carbocycles. The summed E-state index contributed by atoms with van der Waals surface area (Å²) in [4.78, 5) is 0. The largest absolute Gasteiger partial charge is 0.416 e. The highest BCUT2D eigenvalue weighted by Gasteiger charge is 2.30. The van der Waals surface area contributed by atoms with Crippen LogP contribution < -0.4 is 0 Å². The van der Waals surface area contributed by atoms with Gasteiger partial charge in [-0.2, -0.15) is 23.7 Å². The summed E-state index contributed by atoms with van der Waals surface area (Å²) in [5.41, 5.74) is -0.954. The van der Waals surface area contributed by atoms with Crippen LogP contribution in [0.4, 0.5) is 13.2 Å². The van der Waals surface area contributed by atoms with Gasteiger partial charge in [0.25, 0.3) is 0 Å². The quantitative estimate of drug-likeness (QED) is 0.739. The first-order valence-corrected chi connectivity index (χ1v) is 5.06. The van der Waals surface area contributed by atoms with Crippen LogP contribution >= 0.6 is 15.9 Å². The second-order valence-corrected chi connectivity index (χ2v) is 3.87. The molecule has 0 aliphatic heterocycles. The molecule has 0 fully saturated rings. The van der Waals surface area contributed by atoms with E-state index in [9.17, 15) is 13.2 Å². The molecule has 0 N–H and O–H groups in total. The monoisotopic (exact) mass is 300 g/mol. The molecule has 86 valence electrons. The zero-order chi connectivity index (χ0) is 13.1. The molecule has 6 heteroatoms. The standard InChI is InChI=1S/C11H4BrF3N2/c12-10-2-1-9(11(13,14)15)4-8(10)3-7(5-16)6-17/h1-4H. The molecule has 1 aromatic carbocycles. The van der Waals surface area contributed by atoms with Gasteiger partial charge in [0.15, 0.2) is 0 Å². The van der Waals surface area contributed by atoms with E-state index in [-0.39, 0.29) is 11.1 Å². The lowest BCUT2D eigenvalue weighted by Crippen LogP contribution is -2.04. The predicted molar refractivity (Wildman–Crippen MR) is 58.3 cm³/mol. The van der Waals surface area contributed by atoms with Gasteiger partial charge < -0.3 is 0 Å². The molecular formula is C11H4BrF3N2. The molecule has 0 heterocycles. The van der Waals surface area contributed by atoms with E-state index in [1.807, 2.05) is 0 Å². The summed E-state index contributed by atoms with van der Waals surface area (Å²) < 4.78 is 37.7. The molecule has 0 radical (unpaired) electrons. The topological polar surface area (TPSA) is 47.6 Å². The van der Waals surface area contributed by atoms with E-state index in [1.165, 1.54) is 6.07 Å². The van der Waals surface area contributed by atoms with Gasteiger partial charge in [0.1, 0.15) is 17.7 Å². The van der Waals surface area contributed by atoms with Crippen LogP contribution in [0.2, 0.25) is 0 Å². The maximum absolute atomic E-state index is 12.4. The fraction of sp³-hybridized carbons (Fsp3) is 0.0909. The first kappa shape index (κ1) is 13.3. The molecule has 0 saturated carbocycles. The second kappa shape index (κ2) is 5.03. The third kappa shape index (κ3) is 3.33. The zero-order valence-electron chi connectivity index (χ0n) is 8.22. The van der Waals surface area contributed by atoms with E-state index >= 15 is 0 Å². The molecule has 0 spiro atoms. The van der Waals surface area contributed by atoms with Crippen LogP contribution in [0.15, 0.2) is 28.2 Å². The summed E-state index contributed by atoms with van der Waals surface area (Å²) >= 11 is 3.05. The lowest BCUT2D eigenvalue weighted by Gasteiger charge is -2.08. The summed E-state index contributed by atoms with van der Waals surface area (Å²) in [5.74, 6) is 0. The third-order valence-electron chi connectivity index (χ3n) is 1.86. The Labute approximate surface area is 104 Å². The molecular weight excluding hydrogens is 297 g/mol. The van der Waals surface area contributed by atoms with Gasteiger partial charge in [-0.05, 0) is 29.8 Å². The van der Waals surface area contributed by atoms with Gasteiger partial charge in [-0.1, -0.05) is 15.9 Å². The van der Waals surface area contributed by atoms with Crippen molar-refractivity contribution in [3.05, 3.63) is 39.4 Å². The molecule has 0 aromatic heterocycles. The van der Waals surface area contributed by atoms with Crippen LogP contribution in [0, 0.1) is 22.7 Å². The molecule has 0 unspecified atom stereocenters. The second-order valence-electron chi connectivity index (χ2n) is 3.02. The summed E-state index contributed by atoms with van der Waals surface area (Å²) in [6.45, 7) is 0. The number of halogens is 4. The van der Waals surface area contributed by atoms with Crippen molar-refractivity contribution in [3.8, 4) is 12.1 Å². The van der Waals surface area contributed by atoms with Gasteiger partial charge in [0.2, 0.25) is 0 Å². The van der Waals surface area contributed by atoms with Crippen molar-refractivity contribution in [2.24, 2.45) is 0 Å². The molecule has 0 saturated heterocycles. The zero-order valence-corrected chi connectivity index (χ0v) is 9.80. The van der Waals surface area contributed by atoms with Crippen molar-refractivity contribution in [2.45, 2.75) is 6.18 Å². The van der Waals surface area contributed by atoms with Gasteiger partial charge in [0.05, 0.1) is 5.56 Å². The first-order valence-electron chi connectivity index (χ1n) is 4.27. The van der Waals surface area contributed by atoms with Crippen LogP contribution in [0.1, 0.15) is 11.1 Å². The fourth-order valence-corrected chi connectivity index (χ4v) is 1.44. The average Bonchev–Trinajstić information content (AvgIpc) is 2.26. The van der Waals surface area contributed by atoms with E-state index in [4.69, 9.17) is 10.5 Å². The Morgan fingerprint density at radius 2 is 1.82 bits per heavy atom. The van der Waals surface area contributed by atoms with Crippen molar-refractivity contribution in [1.82, 2.24) is 0 Å². The highest BCUT2D eigenvalue weighted by Crippen LogP contribution is 2.32. The fourth-order valence-electron chi connectivity index (χ4n) is 1.08. The van der Waals surface area contributed by atoms with Gasteiger partial charge in [-0.3, -0.25) is 0 Å². The molecule has 0 atom stereocenters. The van der Waals surface area contributed by atoms with Crippen molar-refractivity contribution in [2.75, 3.05) is 0 Å². The highest BCUT2D eigenvalue weighted by molar-refractivity contribution is 9.10. The van der Waals surface area contributed by atoms with Gasteiger partial charge in [-0.25, -0.2) is 0 Å². The van der Waals surface area contributed by atoms with Crippen LogP contribution in [0.3, 0.4) is 0 Å². The molecule has 2 nitrogen and oxygen atoms in total. The Hall–Kier alpha value is -1.79. The van der Waals surface area contributed by atoms with E-state index in [0.29, 0.717) is 4.47 Å². The molecule has 0 aliphatic rings. The van der Waals surface area contributed by atoms with Gasteiger partial charge in [-0.15, -0.1) is 0 Å². The predicted octanol–water partition coefficient (Wildman–Crippen LogP) is 3.90. The van der Waals surface area contributed by atoms with Crippen LogP contribution in [-0.2, 0) is 6.18 Å². The average molecular weight is 301 g/mol. The number of alkyl halides is 3. The van der Waals surface area contributed by atoms with Gasteiger partial charge >= 0.3 is 6.18 Å². The lowest BCUT2D eigenvalue weighted by molar-refractivity contribution is -0.137. The first-order chi connectivity index (χ1) is 7.88. The number of hydrogen-bond acceptors (Lipinski definition) is 2. The third-order valence-corrected chi connectivity index (χ3v) is 2.59. The molecule has 0 bridgehead atoms. The van der Waals surface area contributed by atoms with Crippen molar-refractivity contribution in [1.29, 1.82) is 10.5 Å². The number of benzene rings is 1. The summed E-state index contributed by atoms with van der Waals surface area (Å²) in [6.07, 6.45) is -3.36. The molecule has 1 aromatic rings. The van der Waals surface area contributed by atoms with Crippen LogP contribution in [0.5, 0.6) is 0 Å². The number of rotatable bonds is 1. The molecule has 0 amide bonds. The van der Waals surface area contributed by atoms with Crippen molar-refractivity contribution >= 4 is 22.0 Å². The molecule has 17 heavy (non-hydrogen) atoms. The SMILES string of the molecule is N#CC(C#N)=Cc1cc(C(F)(F)F)ccc1Br. The van der Waals surface area contributed by atoms with E-state index in [0.717, 1.165) is 18.2 Å². The minimum Gasteiger partial charge on any atom is -0.192 e. The number of hydrogen-bond donors (Lipinski definition) is 0. The minimum atomic E-state index is -4.46. The number of allylic oxidation sites excluding steroid dienone is 1. The summed E-state index contributed by atoms with van der Waals surface area (Å²) in [5, 5.41) is 17.1. The van der Waals surface area contributed by atoms with E-state index in [1.54, 1.807) is 12.1 Å². The van der Waals surface area contributed by atoms with E-state index in [2.05, 4.69) is 15.9 Å². The van der Waals surface area contributed by atoms with Crippen molar-refractivity contribution < 1.29 is 13.2 Å². The smallest absolute Gasteiger partial charge is 0.192 e. The highest BCUT2D eigenvalue weighted by atomic mass is 79.9. The van der Waals surface area contributed by atoms with E-state index < -0.39 is 11.7 Å². The summed E-state index contributed by atoms with van der Waals surface area (Å²) in [7, 11) is 0. The Kier molecular flexibility index (Phi) is 3.93. The Morgan fingerprint density at radius 3 is 2.29 bits per heavy atom. The van der Waals surface area contributed by atoms with Gasteiger partial charge in [0, 0.05) is 4.47 Å². The Bertz CT molecular complexity index is 531.